The van der Waals surface area contributed by atoms with E-state index in [1.54, 1.807) is 11.3 Å². The third kappa shape index (κ3) is 3.08. The first kappa shape index (κ1) is 15.2. The quantitative estimate of drug-likeness (QED) is 0.942. The number of carbonyl (C=O) groups is 1. The van der Waals surface area contributed by atoms with Crippen molar-refractivity contribution in [3.63, 3.8) is 0 Å². The first-order valence-corrected chi connectivity index (χ1v) is 8.61. The first-order chi connectivity index (χ1) is 10.7. The van der Waals surface area contributed by atoms with Gasteiger partial charge in [0, 0.05) is 30.3 Å². The fourth-order valence-electron chi connectivity index (χ4n) is 2.80. The van der Waals surface area contributed by atoms with Crippen molar-refractivity contribution in [3.8, 4) is 0 Å². The molecule has 3 rings (SSSR count). The van der Waals surface area contributed by atoms with E-state index in [2.05, 4.69) is 17.3 Å². The van der Waals surface area contributed by atoms with E-state index >= 15 is 0 Å². The van der Waals surface area contributed by atoms with Gasteiger partial charge in [-0.2, -0.15) is 16.4 Å². The highest BCUT2D eigenvalue weighted by molar-refractivity contribution is 7.08. The SMILES string of the molecule is CCn1cc([C@H]2OCCC[C@@H]2NC(=O)c2cscc2C)cn1. The molecule has 0 saturated carbocycles. The number of carbonyl (C=O) groups excluding carboxylic acids is 1. The topological polar surface area (TPSA) is 56.1 Å². The summed E-state index contributed by atoms with van der Waals surface area (Å²) in [5.41, 5.74) is 2.82. The summed E-state index contributed by atoms with van der Waals surface area (Å²) in [6, 6.07) is -0.00458. The normalized spacial score (nSPS) is 21.7. The molecule has 118 valence electrons. The number of rotatable bonds is 4. The van der Waals surface area contributed by atoms with Gasteiger partial charge in [0.25, 0.3) is 5.91 Å². The maximum Gasteiger partial charge on any atom is 0.252 e. The van der Waals surface area contributed by atoms with Gasteiger partial charge in [-0.05, 0) is 37.6 Å². The van der Waals surface area contributed by atoms with Crippen molar-refractivity contribution in [1.29, 1.82) is 0 Å². The monoisotopic (exact) mass is 319 g/mol. The van der Waals surface area contributed by atoms with Crippen molar-refractivity contribution >= 4 is 17.2 Å². The van der Waals surface area contributed by atoms with Crippen LogP contribution >= 0.6 is 11.3 Å². The number of nitrogens with one attached hydrogen (secondary N) is 1. The highest BCUT2D eigenvalue weighted by Gasteiger charge is 2.30. The summed E-state index contributed by atoms with van der Waals surface area (Å²) in [5.74, 6) is -0.0119. The number of ether oxygens (including phenoxy) is 1. The number of aryl methyl sites for hydroxylation is 2. The molecule has 0 bridgehead atoms. The molecular weight excluding hydrogens is 298 g/mol. The van der Waals surface area contributed by atoms with E-state index < -0.39 is 0 Å². The first-order valence-electron chi connectivity index (χ1n) is 7.66. The Labute approximate surface area is 134 Å². The van der Waals surface area contributed by atoms with Gasteiger partial charge in [-0.3, -0.25) is 9.48 Å². The van der Waals surface area contributed by atoms with Gasteiger partial charge in [0.05, 0.1) is 17.8 Å². The van der Waals surface area contributed by atoms with E-state index in [0.29, 0.717) is 0 Å². The molecule has 6 heteroatoms. The summed E-state index contributed by atoms with van der Waals surface area (Å²) in [6.07, 6.45) is 5.62. The van der Waals surface area contributed by atoms with Gasteiger partial charge < -0.3 is 10.1 Å². The Morgan fingerprint density at radius 2 is 2.41 bits per heavy atom. The summed E-state index contributed by atoms with van der Waals surface area (Å²) in [5, 5.41) is 11.4. The molecule has 1 aliphatic heterocycles. The number of aromatic nitrogens is 2. The van der Waals surface area contributed by atoms with E-state index in [9.17, 15) is 4.79 Å². The van der Waals surface area contributed by atoms with Crippen molar-refractivity contribution in [2.24, 2.45) is 0 Å². The van der Waals surface area contributed by atoms with Crippen LogP contribution in [0.5, 0.6) is 0 Å². The maximum atomic E-state index is 12.5. The molecule has 1 amide bonds. The van der Waals surface area contributed by atoms with Crippen molar-refractivity contribution in [2.45, 2.75) is 45.4 Å². The number of hydrogen-bond acceptors (Lipinski definition) is 4. The van der Waals surface area contributed by atoms with Crippen LogP contribution in [0.1, 0.15) is 47.4 Å². The molecule has 3 heterocycles. The summed E-state index contributed by atoms with van der Waals surface area (Å²) in [6.45, 7) is 5.58. The molecular formula is C16H21N3O2S. The van der Waals surface area contributed by atoms with Gasteiger partial charge >= 0.3 is 0 Å². The van der Waals surface area contributed by atoms with Crippen LogP contribution in [0, 0.1) is 6.92 Å². The van der Waals surface area contributed by atoms with Crippen LogP contribution < -0.4 is 5.32 Å². The van der Waals surface area contributed by atoms with Gasteiger partial charge in [0.1, 0.15) is 6.10 Å². The summed E-state index contributed by atoms with van der Waals surface area (Å²) in [4.78, 5) is 12.5. The standard InChI is InChI=1S/C16H21N3O2S/c1-3-19-8-12(7-17-19)15-14(5-4-6-21-15)18-16(20)13-10-22-9-11(13)2/h7-10,14-15H,3-6H2,1-2H3,(H,18,20)/t14-,15+/m0/s1. The highest BCUT2D eigenvalue weighted by Crippen LogP contribution is 2.28. The number of nitrogens with zero attached hydrogens (tertiary/aromatic N) is 2. The Morgan fingerprint density at radius 1 is 1.55 bits per heavy atom. The molecule has 22 heavy (non-hydrogen) atoms. The fraction of sp³-hybridized carbons (Fsp3) is 0.500. The number of hydrogen-bond donors (Lipinski definition) is 1. The molecule has 1 N–H and O–H groups in total. The van der Waals surface area contributed by atoms with Gasteiger partial charge in [0.2, 0.25) is 0 Å². The van der Waals surface area contributed by atoms with Gasteiger partial charge in [-0.15, -0.1) is 0 Å². The predicted octanol–water partition coefficient (Wildman–Crippen LogP) is 2.92. The molecule has 5 nitrogen and oxygen atoms in total. The zero-order valence-electron chi connectivity index (χ0n) is 12.9. The lowest BCUT2D eigenvalue weighted by Gasteiger charge is -2.31. The van der Waals surface area contributed by atoms with Crippen molar-refractivity contribution in [3.05, 3.63) is 39.8 Å². The maximum absolute atomic E-state index is 12.5. The lowest BCUT2D eigenvalue weighted by molar-refractivity contribution is -0.00951. The molecule has 2 aromatic rings. The average Bonchev–Trinajstić information content (AvgIpc) is 3.16. The Morgan fingerprint density at radius 3 is 3.09 bits per heavy atom. The van der Waals surface area contributed by atoms with Crippen LogP contribution in [0.15, 0.2) is 23.2 Å². The third-order valence-electron chi connectivity index (χ3n) is 4.04. The largest absolute Gasteiger partial charge is 0.371 e. The third-order valence-corrected chi connectivity index (χ3v) is 4.91. The molecule has 0 spiro atoms. The molecule has 1 fully saturated rings. The number of amides is 1. The summed E-state index contributed by atoms with van der Waals surface area (Å²) in [7, 11) is 0. The fourth-order valence-corrected chi connectivity index (χ4v) is 3.62. The summed E-state index contributed by atoms with van der Waals surface area (Å²) < 4.78 is 7.80. The highest BCUT2D eigenvalue weighted by atomic mass is 32.1. The van der Waals surface area contributed by atoms with E-state index in [4.69, 9.17) is 4.74 Å². The van der Waals surface area contributed by atoms with Crippen LogP contribution in [0.4, 0.5) is 0 Å². The minimum atomic E-state index is -0.114. The van der Waals surface area contributed by atoms with Crippen molar-refractivity contribution < 1.29 is 9.53 Å². The predicted molar refractivity (Wildman–Crippen MR) is 86.1 cm³/mol. The van der Waals surface area contributed by atoms with Gasteiger partial charge in [-0.1, -0.05) is 0 Å². The average molecular weight is 319 g/mol. The van der Waals surface area contributed by atoms with Crippen molar-refractivity contribution in [2.75, 3.05) is 6.61 Å². The van der Waals surface area contributed by atoms with Crippen LogP contribution in [-0.4, -0.2) is 28.3 Å². The molecule has 1 saturated heterocycles. The summed E-state index contributed by atoms with van der Waals surface area (Å²) >= 11 is 1.55. The molecule has 2 aromatic heterocycles. The molecule has 0 unspecified atom stereocenters. The second-order valence-electron chi connectivity index (χ2n) is 5.61. The van der Waals surface area contributed by atoms with Crippen LogP contribution in [0.25, 0.3) is 0 Å². The lowest BCUT2D eigenvalue weighted by atomic mass is 9.97. The van der Waals surface area contributed by atoms with E-state index in [-0.39, 0.29) is 18.1 Å². The molecule has 1 aliphatic rings. The Balaban J connectivity index is 1.75. The molecule has 0 aromatic carbocycles. The second kappa shape index (κ2) is 6.62. The minimum Gasteiger partial charge on any atom is -0.371 e. The van der Waals surface area contributed by atoms with Crippen molar-refractivity contribution in [1.82, 2.24) is 15.1 Å². The van der Waals surface area contributed by atoms with E-state index in [1.165, 1.54) is 0 Å². The molecule has 0 aliphatic carbocycles. The lowest BCUT2D eigenvalue weighted by Crippen LogP contribution is -2.42. The Kier molecular flexibility index (Phi) is 4.59. The van der Waals surface area contributed by atoms with Crippen LogP contribution in [0.3, 0.4) is 0 Å². The van der Waals surface area contributed by atoms with E-state index in [1.807, 2.05) is 34.8 Å². The Hall–Kier alpha value is -1.66. The number of thiophene rings is 1. The van der Waals surface area contributed by atoms with Crippen LogP contribution in [0.2, 0.25) is 0 Å². The minimum absolute atomic E-state index is 0.00458. The van der Waals surface area contributed by atoms with Gasteiger partial charge in [0.15, 0.2) is 0 Å². The van der Waals surface area contributed by atoms with Gasteiger partial charge in [-0.25, -0.2) is 0 Å². The zero-order chi connectivity index (χ0) is 15.5. The Bertz CT molecular complexity index is 649. The zero-order valence-corrected chi connectivity index (χ0v) is 13.7. The van der Waals surface area contributed by atoms with Crippen LogP contribution in [-0.2, 0) is 11.3 Å². The molecule has 2 atom stereocenters. The molecule has 0 radical (unpaired) electrons. The second-order valence-corrected chi connectivity index (χ2v) is 6.35. The van der Waals surface area contributed by atoms with E-state index in [0.717, 1.165) is 42.7 Å². The smallest absolute Gasteiger partial charge is 0.252 e.